The summed E-state index contributed by atoms with van der Waals surface area (Å²) in [4.78, 5) is 14.6. The number of ether oxygens (including phenoxy) is 1. The Hall–Kier alpha value is -1.02. The van der Waals surface area contributed by atoms with Crippen LogP contribution in [0.15, 0.2) is 12.1 Å². The van der Waals surface area contributed by atoms with E-state index < -0.39 is 10.8 Å². The number of rotatable bonds is 10. The van der Waals surface area contributed by atoms with E-state index in [2.05, 4.69) is 24.1 Å². The highest BCUT2D eigenvalue weighted by atomic mass is 35.5. The Morgan fingerprint density at radius 3 is 2.56 bits per heavy atom. The van der Waals surface area contributed by atoms with E-state index in [9.17, 15) is 9.00 Å². The van der Waals surface area contributed by atoms with Gasteiger partial charge in [-0.15, -0.1) is 12.4 Å². The van der Waals surface area contributed by atoms with Gasteiger partial charge >= 0.3 is 0 Å². The predicted octanol–water partition coefficient (Wildman–Crippen LogP) is 2.17. The second-order valence-corrected chi connectivity index (χ2v) is 7.24. The molecule has 25 heavy (non-hydrogen) atoms. The second kappa shape index (κ2) is 12.4. The number of carbonyl (C=O) groups excluding carboxylic acids is 1. The van der Waals surface area contributed by atoms with Gasteiger partial charge in [-0.25, -0.2) is 0 Å². The van der Waals surface area contributed by atoms with Crippen molar-refractivity contribution in [1.29, 1.82) is 0 Å². The number of benzene rings is 1. The number of nitrogens with one attached hydrogen (secondary N) is 1. The summed E-state index contributed by atoms with van der Waals surface area (Å²) in [5.41, 5.74) is 6.45. The number of amides is 1. The molecule has 0 spiro atoms. The Balaban J connectivity index is 0.00000576. The molecule has 0 bridgehead atoms. The summed E-state index contributed by atoms with van der Waals surface area (Å²) < 4.78 is 16.7. The first kappa shape index (κ1) is 24.0. The lowest BCUT2D eigenvalue weighted by Gasteiger charge is -2.18. The summed E-state index contributed by atoms with van der Waals surface area (Å²) in [6, 6.07) is 3.03. The van der Waals surface area contributed by atoms with Gasteiger partial charge in [0.1, 0.15) is 5.75 Å². The van der Waals surface area contributed by atoms with E-state index in [0.29, 0.717) is 34.3 Å². The second-order valence-electron chi connectivity index (χ2n) is 5.28. The minimum Gasteiger partial charge on any atom is -0.492 e. The number of nitrogen functional groups attached to an aromatic ring is 1. The van der Waals surface area contributed by atoms with E-state index in [1.54, 1.807) is 6.26 Å². The molecule has 0 aliphatic rings. The molecule has 9 heteroatoms. The first-order chi connectivity index (χ1) is 11.4. The smallest absolute Gasteiger partial charge is 0.255 e. The van der Waals surface area contributed by atoms with Gasteiger partial charge in [-0.2, -0.15) is 0 Å². The molecule has 0 aromatic heterocycles. The van der Waals surface area contributed by atoms with Crippen LogP contribution in [0.5, 0.6) is 5.75 Å². The summed E-state index contributed by atoms with van der Waals surface area (Å²) in [5, 5.41) is 3.17. The standard InChI is InChI=1S/C16H26ClN3O3S.ClH/c1-4-20(5-2)7-6-19-16(21)12-10-13(17)14(18)11-15(12)23-8-9-24(3)22;/h10-11H,4-9,18H2,1-3H3,(H,19,21);1H/t24-;/m1./s1. The highest BCUT2D eigenvalue weighted by molar-refractivity contribution is 7.84. The van der Waals surface area contributed by atoms with Gasteiger partial charge in [-0.05, 0) is 19.2 Å². The monoisotopic (exact) mass is 411 g/mol. The minimum atomic E-state index is -0.967. The molecule has 144 valence electrons. The number of halogens is 2. The van der Waals surface area contributed by atoms with E-state index in [4.69, 9.17) is 22.1 Å². The van der Waals surface area contributed by atoms with Crippen LogP contribution in [0.25, 0.3) is 0 Å². The molecule has 0 aliphatic carbocycles. The fraction of sp³-hybridized carbons (Fsp3) is 0.562. The molecule has 1 rings (SSSR count). The Morgan fingerprint density at radius 2 is 2.00 bits per heavy atom. The Morgan fingerprint density at radius 1 is 1.36 bits per heavy atom. The maximum absolute atomic E-state index is 12.4. The van der Waals surface area contributed by atoms with Crippen LogP contribution < -0.4 is 15.8 Å². The number of nitrogens with two attached hydrogens (primary N) is 1. The minimum absolute atomic E-state index is 0. The first-order valence-electron chi connectivity index (χ1n) is 7.91. The van der Waals surface area contributed by atoms with Crippen molar-refractivity contribution in [3.8, 4) is 5.75 Å². The van der Waals surface area contributed by atoms with Gasteiger partial charge in [-0.3, -0.25) is 9.00 Å². The summed E-state index contributed by atoms with van der Waals surface area (Å²) in [5.74, 6) is 0.463. The van der Waals surface area contributed by atoms with E-state index in [-0.39, 0.29) is 24.9 Å². The maximum Gasteiger partial charge on any atom is 0.255 e. The van der Waals surface area contributed by atoms with Crippen LogP contribution in [-0.4, -0.2) is 59.8 Å². The highest BCUT2D eigenvalue weighted by Gasteiger charge is 2.16. The molecular formula is C16H27Cl2N3O3S. The van der Waals surface area contributed by atoms with E-state index in [0.717, 1.165) is 19.6 Å². The lowest BCUT2D eigenvalue weighted by Crippen LogP contribution is -2.35. The number of carbonyl (C=O) groups is 1. The number of nitrogens with zero attached hydrogens (tertiary/aromatic N) is 1. The van der Waals surface area contributed by atoms with Crippen molar-refractivity contribution in [2.24, 2.45) is 0 Å². The highest BCUT2D eigenvalue weighted by Crippen LogP contribution is 2.29. The topological polar surface area (TPSA) is 84.7 Å². The average molecular weight is 412 g/mol. The van der Waals surface area contributed by atoms with Crippen LogP contribution in [0.3, 0.4) is 0 Å². The van der Waals surface area contributed by atoms with Crippen molar-refractivity contribution in [2.75, 3.05) is 50.5 Å². The third-order valence-corrected chi connectivity index (χ3v) is 4.65. The van der Waals surface area contributed by atoms with Crippen LogP contribution in [0.1, 0.15) is 24.2 Å². The molecular weight excluding hydrogens is 385 g/mol. The van der Waals surface area contributed by atoms with Crippen LogP contribution in [-0.2, 0) is 10.8 Å². The summed E-state index contributed by atoms with van der Waals surface area (Å²) >= 11 is 6.03. The van der Waals surface area contributed by atoms with Gasteiger partial charge in [0.15, 0.2) is 0 Å². The molecule has 1 aromatic rings. The number of hydrogen-bond donors (Lipinski definition) is 2. The molecule has 0 heterocycles. The van der Waals surface area contributed by atoms with Crippen molar-refractivity contribution < 1.29 is 13.7 Å². The van der Waals surface area contributed by atoms with Gasteiger partial charge < -0.3 is 20.7 Å². The van der Waals surface area contributed by atoms with Crippen LogP contribution >= 0.6 is 24.0 Å². The predicted molar refractivity (Wildman–Crippen MR) is 108 cm³/mol. The molecule has 1 atom stereocenters. The quantitative estimate of drug-likeness (QED) is 0.576. The largest absolute Gasteiger partial charge is 0.492 e. The third-order valence-electron chi connectivity index (χ3n) is 3.58. The Bertz CT molecular complexity index is 584. The molecule has 0 saturated carbocycles. The molecule has 3 N–H and O–H groups in total. The molecule has 0 fully saturated rings. The lowest BCUT2D eigenvalue weighted by atomic mass is 10.1. The lowest BCUT2D eigenvalue weighted by molar-refractivity contribution is 0.0945. The number of anilines is 1. The third kappa shape index (κ3) is 8.27. The zero-order chi connectivity index (χ0) is 18.1. The average Bonchev–Trinajstić information content (AvgIpc) is 2.54. The van der Waals surface area contributed by atoms with Gasteiger partial charge in [0.25, 0.3) is 5.91 Å². The molecule has 0 unspecified atom stereocenters. The SMILES string of the molecule is CCN(CC)CCNC(=O)c1cc(Cl)c(N)cc1OCC[S@@](C)=O.Cl. The van der Waals surface area contributed by atoms with E-state index in [1.807, 2.05) is 0 Å². The fourth-order valence-corrected chi connectivity index (χ4v) is 2.58. The van der Waals surface area contributed by atoms with Gasteiger partial charge in [0, 0.05) is 36.2 Å². The molecule has 0 radical (unpaired) electrons. The first-order valence-corrected chi connectivity index (χ1v) is 10.0. The van der Waals surface area contributed by atoms with E-state index >= 15 is 0 Å². The van der Waals surface area contributed by atoms with Crippen LogP contribution in [0.2, 0.25) is 5.02 Å². The van der Waals surface area contributed by atoms with Crippen molar-refractivity contribution >= 4 is 46.4 Å². The van der Waals surface area contributed by atoms with Crippen molar-refractivity contribution in [3.63, 3.8) is 0 Å². The Labute approximate surface area is 163 Å². The summed E-state index contributed by atoms with van der Waals surface area (Å²) in [6.45, 7) is 7.56. The molecule has 6 nitrogen and oxygen atoms in total. The summed E-state index contributed by atoms with van der Waals surface area (Å²) in [6.07, 6.45) is 1.60. The molecule has 1 amide bonds. The van der Waals surface area contributed by atoms with Crippen LogP contribution in [0, 0.1) is 0 Å². The molecule has 0 aliphatic heterocycles. The van der Waals surface area contributed by atoms with E-state index in [1.165, 1.54) is 12.1 Å². The fourth-order valence-electron chi connectivity index (χ4n) is 2.10. The Kier molecular flexibility index (Phi) is 11.8. The molecule has 0 saturated heterocycles. The maximum atomic E-state index is 12.4. The number of likely N-dealkylation sites (N-methyl/N-ethyl adjacent to an activating group) is 1. The van der Waals surface area contributed by atoms with Gasteiger partial charge in [0.05, 0.1) is 28.6 Å². The zero-order valence-electron chi connectivity index (χ0n) is 14.8. The van der Waals surface area contributed by atoms with Crippen molar-refractivity contribution in [1.82, 2.24) is 10.2 Å². The van der Waals surface area contributed by atoms with Crippen molar-refractivity contribution in [3.05, 3.63) is 22.7 Å². The normalized spacial score (nSPS) is 11.7. The molecule has 1 aromatic carbocycles. The zero-order valence-corrected chi connectivity index (χ0v) is 17.2. The number of hydrogen-bond acceptors (Lipinski definition) is 5. The van der Waals surface area contributed by atoms with Crippen molar-refractivity contribution in [2.45, 2.75) is 13.8 Å². The van der Waals surface area contributed by atoms with Crippen LogP contribution in [0.4, 0.5) is 5.69 Å². The summed E-state index contributed by atoms with van der Waals surface area (Å²) in [7, 11) is -0.967. The van der Waals surface area contributed by atoms with Gasteiger partial charge in [0.2, 0.25) is 0 Å². The van der Waals surface area contributed by atoms with Gasteiger partial charge in [-0.1, -0.05) is 25.4 Å².